The number of hydrogen-bond acceptors (Lipinski definition) is 3. The Morgan fingerprint density at radius 3 is 2.38 bits per heavy atom. The smallest absolute Gasteiger partial charge is 0.250 e. The minimum atomic E-state index is -0.354. The number of anilines is 2. The van der Waals surface area contributed by atoms with Crippen molar-refractivity contribution in [2.45, 2.75) is 13.3 Å². The molecule has 2 aromatic rings. The highest BCUT2D eigenvalue weighted by Gasteiger charge is 2.04. The summed E-state index contributed by atoms with van der Waals surface area (Å²) in [6, 6.07) is 14.2. The molecule has 0 unspecified atom stereocenters. The first-order chi connectivity index (χ1) is 12.5. The first-order valence-corrected chi connectivity index (χ1v) is 8.70. The van der Waals surface area contributed by atoms with E-state index in [1.54, 1.807) is 61.5 Å². The van der Waals surface area contributed by atoms with Crippen LogP contribution < -0.4 is 16.0 Å². The Hall–Kier alpha value is -2.70. The summed E-state index contributed by atoms with van der Waals surface area (Å²) in [7, 11) is 0. The molecule has 0 radical (unpaired) electrons. The highest BCUT2D eigenvalue weighted by atomic mass is 35.5. The van der Waals surface area contributed by atoms with Crippen LogP contribution in [0.15, 0.2) is 54.6 Å². The molecule has 0 heterocycles. The van der Waals surface area contributed by atoms with E-state index >= 15 is 0 Å². The maximum atomic E-state index is 11.9. The highest BCUT2D eigenvalue weighted by molar-refractivity contribution is 7.80. The Morgan fingerprint density at radius 2 is 1.73 bits per heavy atom. The quantitative estimate of drug-likeness (QED) is 0.530. The number of rotatable bonds is 5. The minimum Gasteiger partial charge on any atom is -0.332 e. The number of halogens is 1. The first kappa shape index (κ1) is 19.6. The number of carbonyl (C=O) groups is 2. The lowest BCUT2D eigenvalue weighted by atomic mass is 10.2. The predicted octanol–water partition coefficient (Wildman–Crippen LogP) is 4.21. The van der Waals surface area contributed by atoms with Gasteiger partial charge in [0.1, 0.15) is 0 Å². The van der Waals surface area contributed by atoms with Crippen LogP contribution >= 0.6 is 23.8 Å². The molecule has 0 saturated heterocycles. The van der Waals surface area contributed by atoms with Gasteiger partial charge in [0.15, 0.2) is 5.11 Å². The Morgan fingerprint density at radius 1 is 1.08 bits per heavy atom. The number of thiocarbonyl (C=S) groups is 1. The van der Waals surface area contributed by atoms with Crippen LogP contribution in [0.1, 0.15) is 18.9 Å². The second kappa shape index (κ2) is 9.70. The Kier molecular flexibility index (Phi) is 7.32. The maximum Gasteiger partial charge on any atom is 0.250 e. The van der Waals surface area contributed by atoms with E-state index in [4.69, 9.17) is 23.8 Å². The van der Waals surface area contributed by atoms with Crippen molar-refractivity contribution in [1.82, 2.24) is 5.32 Å². The van der Waals surface area contributed by atoms with E-state index in [1.165, 1.54) is 6.08 Å². The lowest BCUT2D eigenvalue weighted by molar-refractivity contribution is -0.116. The summed E-state index contributed by atoms with van der Waals surface area (Å²) in [4.78, 5) is 23.4. The maximum absolute atomic E-state index is 11.9. The summed E-state index contributed by atoms with van der Waals surface area (Å²) in [6.45, 7) is 1.78. The lowest BCUT2D eigenvalue weighted by Crippen LogP contribution is -2.32. The molecular weight excluding hydrogens is 370 g/mol. The topological polar surface area (TPSA) is 70.2 Å². The van der Waals surface area contributed by atoms with E-state index in [0.717, 1.165) is 5.56 Å². The monoisotopic (exact) mass is 387 g/mol. The largest absolute Gasteiger partial charge is 0.332 e. The average Bonchev–Trinajstić information content (AvgIpc) is 2.61. The number of nitrogens with one attached hydrogen (secondary N) is 3. The number of hydrogen-bond donors (Lipinski definition) is 3. The summed E-state index contributed by atoms with van der Waals surface area (Å²) in [6.07, 6.45) is 3.44. The molecule has 2 amide bonds. The minimum absolute atomic E-state index is 0.0784. The molecule has 5 nitrogen and oxygen atoms in total. The van der Waals surface area contributed by atoms with Crippen LogP contribution in [0.2, 0.25) is 5.02 Å². The normalized spacial score (nSPS) is 10.4. The molecule has 26 heavy (non-hydrogen) atoms. The first-order valence-electron chi connectivity index (χ1n) is 7.92. The van der Waals surface area contributed by atoms with E-state index in [2.05, 4.69) is 16.0 Å². The third-order valence-electron chi connectivity index (χ3n) is 3.26. The Bertz CT molecular complexity index is 835. The molecule has 0 aliphatic rings. The molecule has 0 aromatic heterocycles. The second-order valence-corrected chi connectivity index (χ2v) is 6.16. The summed E-state index contributed by atoms with van der Waals surface area (Å²) in [5.41, 5.74) is 2.16. The van der Waals surface area contributed by atoms with Crippen molar-refractivity contribution >= 4 is 58.2 Å². The van der Waals surface area contributed by atoms with Gasteiger partial charge < -0.3 is 10.6 Å². The van der Waals surface area contributed by atoms with Crippen LogP contribution in [0.4, 0.5) is 11.4 Å². The van der Waals surface area contributed by atoms with Crippen molar-refractivity contribution in [3.8, 4) is 0 Å². The third kappa shape index (κ3) is 6.66. The zero-order chi connectivity index (χ0) is 18.9. The van der Waals surface area contributed by atoms with E-state index in [9.17, 15) is 9.59 Å². The van der Waals surface area contributed by atoms with Crippen molar-refractivity contribution in [3.63, 3.8) is 0 Å². The van der Waals surface area contributed by atoms with Crippen LogP contribution in [-0.2, 0) is 9.59 Å². The molecule has 2 aromatic carbocycles. The van der Waals surface area contributed by atoms with Gasteiger partial charge in [0.05, 0.1) is 0 Å². The van der Waals surface area contributed by atoms with Gasteiger partial charge in [0.25, 0.3) is 0 Å². The molecule has 0 atom stereocenters. The van der Waals surface area contributed by atoms with Crippen molar-refractivity contribution in [1.29, 1.82) is 0 Å². The SMILES string of the molecule is CCC(=O)Nc1cccc(NC(=S)NC(=O)C=Cc2ccc(Cl)cc2)c1. The summed E-state index contributed by atoms with van der Waals surface area (Å²) in [5.74, 6) is -0.432. The van der Waals surface area contributed by atoms with Crippen LogP contribution in [0.25, 0.3) is 6.08 Å². The van der Waals surface area contributed by atoms with Crippen LogP contribution in [0.5, 0.6) is 0 Å². The molecule has 134 valence electrons. The van der Waals surface area contributed by atoms with Crippen molar-refractivity contribution in [3.05, 3.63) is 65.2 Å². The summed E-state index contributed by atoms with van der Waals surface area (Å²) >= 11 is 10.9. The van der Waals surface area contributed by atoms with Gasteiger partial charge >= 0.3 is 0 Å². The molecule has 0 spiro atoms. The van der Waals surface area contributed by atoms with Crippen molar-refractivity contribution in [2.75, 3.05) is 10.6 Å². The van der Waals surface area contributed by atoms with Gasteiger partial charge in [-0.1, -0.05) is 36.7 Å². The van der Waals surface area contributed by atoms with Crippen LogP contribution in [0, 0.1) is 0 Å². The highest BCUT2D eigenvalue weighted by Crippen LogP contribution is 2.15. The molecule has 0 aliphatic heterocycles. The number of amides is 2. The van der Waals surface area contributed by atoms with E-state index in [-0.39, 0.29) is 16.9 Å². The average molecular weight is 388 g/mol. The van der Waals surface area contributed by atoms with Gasteiger partial charge in [-0.2, -0.15) is 0 Å². The Balaban J connectivity index is 1.89. The number of carbonyl (C=O) groups excluding carboxylic acids is 2. The molecular formula is C19H18ClN3O2S. The van der Waals surface area contributed by atoms with Crippen molar-refractivity contribution in [2.24, 2.45) is 0 Å². The third-order valence-corrected chi connectivity index (χ3v) is 3.72. The molecule has 3 N–H and O–H groups in total. The van der Waals surface area contributed by atoms with E-state index < -0.39 is 0 Å². The van der Waals surface area contributed by atoms with E-state index in [0.29, 0.717) is 22.8 Å². The summed E-state index contributed by atoms with van der Waals surface area (Å²) < 4.78 is 0. The van der Waals surface area contributed by atoms with Crippen LogP contribution in [0.3, 0.4) is 0 Å². The molecule has 7 heteroatoms. The second-order valence-electron chi connectivity index (χ2n) is 5.31. The fraction of sp³-hybridized carbons (Fsp3) is 0.105. The molecule has 0 aliphatic carbocycles. The molecule has 0 saturated carbocycles. The molecule has 2 rings (SSSR count). The zero-order valence-electron chi connectivity index (χ0n) is 14.1. The molecule has 0 bridgehead atoms. The zero-order valence-corrected chi connectivity index (χ0v) is 15.7. The summed E-state index contributed by atoms with van der Waals surface area (Å²) in [5, 5.41) is 9.02. The van der Waals surface area contributed by atoms with Gasteiger partial charge in [0, 0.05) is 28.9 Å². The number of benzene rings is 2. The standard InChI is InChI=1S/C19H18ClN3O2S/c1-2-17(24)21-15-4-3-5-16(12-15)22-19(26)23-18(25)11-8-13-6-9-14(20)10-7-13/h3-12H,2H2,1H3,(H,21,24)(H2,22,23,25,26). The van der Waals surface area contributed by atoms with Crippen molar-refractivity contribution < 1.29 is 9.59 Å². The van der Waals surface area contributed by atoms with Gasteiger partial charge in [0.2, 0.25) is 11.8 Å². The van der Waals surface area contributed by atoms with Crippen LogP contribution in [-0.4, -0.2) is 16.9 Å². The van der Waals surface area contributed by atoms with Gasteiger partial charge in [-0.15, -0.1) is 0 Å². The molecule has 0 fully saturated rings. The van der Waals surface area contributed by atoms with Gasteiger partial charge in [-0.3, -0.25) is 14.9 Å². The lowest BCUT2D eigenvalue weighted by Gasteiger charge is -2.10. The fourth-order valence-corrected chi connectivity index (χ4v) is 2.33. The predicted molar refractivity (Wildman–Crippen MR) is 110 cm³/mol. The van der Waals surface area contributed by atoms with E-state index in [1.807, 2.05) is 0 Å². The van der Waals surface area contributed by atoms with Gasteiger partial charge in [-0.25, -0.2) is 0 Å². The Labute approximate surface area is 162 Å². The van der Waals surface area contributed by atoms with Gasteiger partial charge in [-0.05, 0) is 54.2 Å². The fourth-order valence-electron chi connectivity index (χ4n) is 1.99.